The molecule has 1 aromatic carbocycles. The van der Waals surface area contributed by atoms with E-state index in [1.54, 1.807) is 11.0 Å². The second-order valence-electron chi connectivity index (χ2n) is 8.03. The molecule has 0 bridgehead atoms. The van der Waals surface area contributed by atoms with Crippen LogP contribution in [0.3, 0.4) is 0 Å². The van der Waals surface area contributed by atoms with Crippen molar-refractivity contribution in [3.8, 4) is 11.5 Å². The Bertz CT molecular complexity index is 826. The van der Waals surface area contributed by atoms with Gasteiger partial charge in [-0.05, 0) is 20.8 Å². The highest BCUT2D eigenvalue weighted by Gasteiger charge is 2.27. The standard InChI is InChI=1S/C20H27N3O7/c1-20(2,3)30-19(26)23-7-5-22(6-8-23)11-17(24)21-14-10-16-15(28-12-29-16)9-13(14)18(25)27-4/h9-10H,5-8,11-12H2,1-4H3,(H,21,24). The number of esters is 1. The maximum Gasteiger partial charge on any atom is 0.410 e. The van der Waals surface area contributed by atoms with E-state index in [2.05, 4.69) is 5.32 Å². The van der Waals surface area contributed by atoms with Crippen LogP contribution in [0.5, 0.6) is 11.5 Å². The van der Waals surface area contributed by atoms with E-state index in [1.165, 1.54) is 13.2 Å². The molecule has 1 saturated heterocycles. The van der Waals surface area contributed by atoms with Gasteiger partial charge in [0.1, 0.15) is 5.60 Å². The van der Waals surface area contributed by atoms with Crippen LogP contribution in [0.15, 0.2) is 12.1 Å². The van der Waals surface area contributed by atoms with Crippen LogP contribution < -0.4 is 14.8 Å². The van der Waals surface area contributed by atoms with Gasteiger partial charge in [-0.3, -0.25) is 9.69 Å². The number of anilines is 1. The summed E-state index contributed by atoms with van der Waals surface area (Å²) in [5.74, 6) is -0.00472. The Morgan fingerprint density at radius 3 is 2.30 bits per heavy atom. The van der Waals surface area contributed by atoms with Crippen molar-refractivity contribution in [3.63, 3.8) is 0 Å². The number of carbonyl (C=O) groups excluding carboxylic acids is 3. The third-order valence-corrected chi connectivity index (χ3v) is 4.58. The summed E-state index contributed by atoms with van der Waals surface area (Å²) in [6.07, 6.45) is -0.352. The number of nitrogens with one attached hydrogen (secondary N) is 1. The first-order chi connectivity index (χ1) is 14.2. The minimum absolute atomic E-state index is 0.0509. The van der Waals surface area contributed by atoms with Gasteiger partial charge in [0.15, 0.2) is 11.5 Å². The van der Waals surface area contributed by atoms with Crippen molar-refractivity contribution in [3.05, 3.63) is 17.7 Å². The molecule has 0 unspecified atom stereocenters. The fourth-order valence-corrected chi connectivity index (χ4v) is 3.13. The zero-order valence-corrected chi connectivity index (χ0v) is 17.6. The molecular formula is C20H27N3O7. The Morgan fingerprint density at radius 1 is 1.07 bits per heavy atom. The fraction of sp³-hybridized carbons (Fsp3) is 0.550. The molecule has 1 N–H and O–H groups in total. The topological polar surface area (TPSA) is 107 Å². The van der Waals surface area contributed by atoms with Gasteiger partial charge in [0, 0.05) is 38.3 Å². The average Bonchev–Trinajstić information content (AvgIpc) is 3.13. The van der Waals surface area contributed by atoms with Crippen molar-refractivity contribution in [1.82, 2.24) is 9.80 Å². The van der Waals surface area contributed by atoms with E-state index in [9.17, 15) is 14.4 Å². The van der Waals surface area contributed by atoms with Gasteiger partial charge in [-0.25, -0.2) is 9.59 Å². The van der Waals surface area contributed by atoms with Crippen LogP contribution in [0.25, 0.3) is 0 Å². The largest absolute Gasteiger partial charge is 0.465 e. The van der Waals surface area contributed by atoms with Crippen molar-refractivity contribution in [2.24, 2.45) is 0 Å². The molecular weight excluding hydrogens is 394 g/mol. The summed E-state index contributed by atoms with van der Waals surface area (Å²) in [6, 6.07) is 3.04. The highest BCUT2D eigenvalue weighted by molar-refractivity contribution is 6.02. The third kappa shape index (κ3) is 5.32. The minimum atomic E-state index is -0.588. The van der Waals surface area contributed by atoms with E-state index >= 15 is 0 Å². The summed E-state index contributed by atoms with van der Waals surface area (Å²) in [7, 11) is 1.27. The van der Waals surface area contributed by atoms with Gasteiger partial charge in [-0.1, -0.05) is 0 Å². The molecule has 30 heavy (non-hydrogen) atoms. The molecule has 2 aliphatic heterocycles. The first-order valence-electron chi connectivity index (χ1n) is 9.68. The van der Waals surface area contributed by atoms with E-state index in [0.717, 1.165) is 0 Å². The molecule has 1 aromatic rings. The molecule has 0 radical (unpaired) electrons. The molecule has 0 atom stereocenters. The molecule has 2 aliphatic rings. The Hall–Kier alpha value is -3.01. The molecule has 10 nitrogen and oxygen atoms in total. The monoisotopic (exact) mass is 421 g/mol. The summed E-state index contributed by atoms with van der Waals surface area (Å²) < 4.78 is 20.8. The molecule has 10 heteroatoms. The fourth-order valence-electron chi connectivity index (χ4n) is 3.13. The molecule has 0 aliphatic carbocycles. The number of hydrogen-bond acceptors (Lipinski definition) is 8. The lowest BCUT2D eigenvalue weighted by atomic mass is 10.1. The maximum absolute atomic E-state index is 12.6. The number of benzene rings is 1. The zero-order valence-electron chi connectivity index (χ0n) is 17.6. The number of fused-ring (bicyclic) bond motifs is 1. The Balaban J connectivity index is 1.57. The van der Waals surface area contributed by atoms with Crippen LogP contribution in [0.1, 0.15) is 31.1 Å². The molecule has 0 aromatic heterocycles. The summed E-state index contributed by atoms with van der Waals surface area (Å²) in [6.45, 7) is 7.67. The average molecular weight is 421 g/mol. The quantitative estimate of drug-likeness (QED) is 0.732. The van der Waals surface area contributed by atoms with Crippen molar-refractivity contribution < 1.29 is 33.3 Å². The number of rotatable bonds is 4. The Kier molecular flexibility index (Phi) is 6.35. The van der Waals surface area contributed by atoms with Gasteiger partial charge in [-0.15, -0.1) is 0 Å². The predicted octanol–water partition coefficient (Wildman–Crippen LogP) is 1.69. The number of amides is 2. The van der Waals surface area contributed by atoms with Gasteiger partial charge < -0.3 is 29.2 Å². The Labute approximate surface area is 175 Å². The number of piperazine rings is 1. The second-order valence-corrected chi connectivity index (χ2v) is 8.03. The molecule has 164 valence electrons. The highest BCUT2D eigenvalue weighted by atomic mass is 16.7. The van der Waals surface area contributed by atoms with E-state index in [4.69, 9.17) is 18.9 Å². The van der Waals surface area contributed by atoms with E-state index in [1.807, 2.05) is 25.7 Å². The van der Waals surface area contributed by atoms with Crippen molar-refractivity contribution in [2.45, 2.75) is 26.4 Å². The lowest BCUT2D eigenvalue weighted by molar-refractivity contribution is -0.117. The normalized spacial score (nSPS) is 16.2. The molecule has 3 rings (SSSR count). The van der Waals surface area contributed by atoms with Crippen molar-refractivity contribution in [2.75, 3.05) is 51.9 Å². The molecule has 2 heterocycles. The second kappa shape index (κ2) is 8.78. The molecule has 2 amide bonds. The first-order valence-corrected chi connectivity index (χ1v) is 9.68. The smallest absolute Gasteiger partial charge is 0.410 e. The summed E-state index contributed by atoms with van der Waals surface area (Å²) in [5, 5.41) is 2.75. The van der Waals surface area contributed by atoms with Crippen LogP contribution in [0.4, 0.5) is 10.5 Å². The molecule has 0 spiro atoms. The van der Waals surface area contributed by atoms with Gasteiger partial charge in [0.2, 0.25) is 12.7 Å². The maximum atomic E-state index is 12.6. The van der Waals surface area contributed by atoms with Crippen LogP contribution in [-0.2, 0) is 14.3 Å². The third-order valence-electron chi connectivity index (χ3n) is 4.58. The van der Waals surface area contributed by atoms with Gasteiger partial charge in [-0.2, -0.15) is 0 Å². The van der Waals surface area contributed by atoms with Crippen LogP contribution in [0, 0.1) is 0 Å². The predicted molar refractivity (Wildman–Crippen MR) is 107 cm³/mol. The van der Waals surface area contributed by atoms with E-state index in [-0.39, 0.29) is 30.9 Å². The number of methoxy groups -OCH3 is 1. The van der Waals surface area contributed by atoms with Gasteiger partial charge >= 0.3 is 12.1 Å². The van der Waals surface area contributed by atoms with E-state index < -0.39 is 11.6 Å². The lowest BCUT2D eigenvalue weighted by Crippen LogP contribution is -2.51. The number of hydrogen-bond donors (Lipinski definition) is 1. The summed E-state index contributed by atoms with van der Waals surface area (Å²) >= 11 is 0. The SMILES string of the molecule is COC(=O)c1cc2c(cc1NC(=O)CN1CCN(C(=O)OC(C)(C)C)CC1)OCO2. The number of ether oxygens (including phenoxy) is 4. The summed E-state index contributed by atoms with van der Waals surface area (Å²) in [5.41, 5.74) is -0.0656. The van der Waals surface area contributed by atoms with Crippen molar-refractivity contribution >= 4 is 23.7 Å². The molecule has 1 fully saturated rings. The van der Waals surface area contributed by atoms with Crippen LogP contribution >= 0.6 is 0 Å². The van der Waals surface area contributed by atoms with Gasteiger partial charge in [0.25, 0.3) is 0 Å². The van der Waals surface area contributed by atoms with Crippen LogP contribution in [-0.4, -0.2) is 80.0 Å². The van der Waals surface area contributed by atoms with E-state index in [0.29, 0.717) is 43.4 Å². The molecule has 0 saturated carbocycles. The summed E-state index contributed by atoms with van der Waals surface area (Å²) in [4.78, 5) is 40.3. The lowest BCUT2D eigenvalue weighted by Gasteiger charge is -2.35. The minimum Gasteiger partial charge on any atom is -0.465 e. The zero-order chi connectivity index (χ0) is 21.9. The number of carbonyl (C=O) groups is 3. The van der Waals surface area contributed by atoms with Crippen molar-refractivity contribution in [1.29, 1.82) is 0 Å². The van der Waals surface area contributed by atoms with Gasteiger partial charge in [0.05, 0.1) is 24.9 Å². The first kappa shape index (κ1) is 21.7. The Morgan fingerprint density at radius 2 is 1.70 bits per heavy atom. The highest BCUT2D eigenvalue weighted by Crippen LogP contribution is 2.37. The number of nitrogens with zero attached hydrogens (tertiary/aromatic N) is 2. The van der Waals surface area contributed by atoms with Crippen LogP contribution in [0.2, 0.25) is 0 Å².